The van der Waals surface area contributed by atoms with E-state index in [1.165, 1.54) is 5.39 Å². The number of hydrogen-bond acceptors (Lipinski definition) is 3. The van der Waals surface area contributed by atoms with Crippen molar-refractivity contribution in [2.24, 2.45) is 0 Å². The van der Waals surface area contributed by atoms with Gasteiger partial charge in [0.2, 0.25) is 0 Å². The third kappa shape index (κ3) is 4.73. The number of rotatable bonds is 8. The predicted octanol–water partition coefficient (Wildman–Crippen LogP) is 3.62. The molecule has 0 spiro atoms. The molecule has 2 aromatic carbocycles. The Labute approximate surface area is 127 Å². The van der Waals surface area contributed by atoms with Gasteiger partial charge in [0.1, 0.15) is 18.5 Å². The number of nitrogens with one attached hydrogen (secondary N) is 1. The quantitative estimate of drug-likeness (QED) is 0.804. The molecule has 3 heteroatoms. The minimum Gasteiger partial charge on any atom is -0.490 e. The lowest BCUT2D eigenvalue weighted by molar-refractivity contribution is 0.0275. The van der Waals surface area contributed by atoms with Crippen LogP contribution in [-0.2, 0) is 4.74 Å². The predicted molar refractivity (Wildman–Crippen MR) is 88.0 cm³/mol. The highest BCUT2D eigenvalue weighted by molar-refractivity contribution is 5.88. The molecule has 0 bridgehead atoms. The van der Waals surface area contributed by atoms with Crippen molar-refractivity contribution in [2.45, 2.75) is 32.9 Å². The van der Waals surface area contributed by atoms with E-state index in [-0.39, 0.29) is 6.10 Å². The van der Waals surface area contributed by atoms with Crippen LogP contribution < -0.4 is 10.1 Å². The van der Waals surface area contributed by atoms with Gasteiger partial charge in [0, 0.05) is 24.6 Å². The topological polar surface area (TPSA) is 30.5 Å². The minimum atomic E-state index is 0.0661. The Morgan fingerprint density at radius 3 is 2.57 bits per heavy atom. The van der Waals surface area contributed by atoms with Crippen LogP contribution in [-0.4, -0.2) is 31.9 Å². The maximum Gasteiger partial charge on any atom is 0.127 e. The second kappa shape index (κ2) is 8.01. The van der Waals surface area contributed by atoms with Gasteiger partial charge in [-0.3, -0.25) is 0 Å². The van der Waals surface area contributed by atoms with Gasteiger partial charge in [-0.15, -0.1) is 0 Å². The van der Waals surface area contributed by atoms with Crippen molar-refractivity contribution >= 4 is 10.8 Å². The van der Waals surface area contributed by atoms with E-state index in [4.69, 9.17) is 9.47 Å². The summed E-state index contributed by atoms with van der Waals surface area (Å²) >= 11 is 0. The average Bonchev–Trinajstić information content (AvgIpc) is 2.50. The fourth-order valence-corrected chi connectivity index (χ4v) is 2.27. The lowest BCUT2D eigenvalue weighted by Gasteiger charge is -2.20. The third-order valence-corrected chi connectivity index (χ3v) is 3.33. The molecular formula is C18H25NO2. The molecule has 0 radical (unpaired) electrons. The zero-order chi connectivity index (χ0) is 15.1. The van der Waals surface area contributed by atoms with Crippen LogP contribution in [0.4, 0.5) is 0 Å². The van der Waals surface area contributed by atoms with E-state index < -0.39 is 0 Å². The van der Waals surface area contributed by atoms with Crippen molar-refractivity contribution in [3.8, 4) is 5.75 Å². The SMILES string of the molecule is CCOC(CNC(C)C)COc1cccc2ccccc12. The molecule has 0 aromatic heterocycles. The van der Waals surface area contributed by atoms with Gasteiger partial charge in [-0.2, -0.15) is 0 Å². The Hall–Kier alpha value is -1.58. The molecule has 0 saturated heterocycles. The van der Waals surface area contributed by atoms with Gasteiger partial charge in [-0.05, 0) is 18.4 Å². The number of benzene rings is 2. The van der Waals surface area contributed by atoms with E-state index in [9.17, 15) is 0 Å². The van der Waals surface area contributed by atoms with Crippen molar-refractivity contribution in [1.82, 2.24) is 5.32 Å². The molecule has 0 fully saturated rings. The first-order valence-electron chi connectivity index (χ1n) is 7.66. The van der Waals surface area contributed by atoms with Crippen molar-refractivity contribution in [3.05, 3.63) is 42.5 Å². The molecule has 1 N–H and O–H groups in total. The second-order valence-electron chi connectivity index (χ2n) is 5.43. The molecule has 0 amide bonds. The molecule has 1 unspecified atom stereocenters. The Balaban J connectivity index is 2.01. The van der Waals surface area contributed by atoms with Crippen molar-refractivity contribution in [1.29, 1.82) is 0 Å². The van der Waals surface area contributed by atoms with E-state index in [0.717, 1.165) is 17.7 Å². The lowest BCUT2D eigenvalue weighted by Crippen LogP contribution is -2.37. The summed E-state index contributed by atoms with van der Waals surface area (Å²) in [5, 5.41) is 5.74. The summed E-state index contributed by atoms with van der Waals surface area (Å²) in [5.74, 6) is 0.919. The molecule has 2 rings (SSSR count). The fourth-order valence-electron chi connectivity index (χ4n) is 2.27. The van der Waals surface area contributed by atoms with Crippen LogP contribution in [0, 0.1) is 0 Å². The van der Waals surface area contributed by atoms with E-state index in [0.29, 0.717) is 19.3 Å². The van der Waals surface area contributed by atoms with Gasteiger partial charge in [0.15, 0.2) is 0 Å². The lowest BCUT2D eigenvalue weighted by atomic mass is 10.1. The summed E-state index contributed by atoms with van der Waals surface area (Å²) in [6, 6.07) is 14.9. The molecule has 114 valence electrons. The van der Waals surface area contributed by atoms with Crippen molar-refractivity contribution in [2.75, 3.05) is 19.8 Å². The minimum absolute atomic E-state index is 0.0661. The Kier molecular flexibility index (Phi) is 6.03. The maximum atomic E-state index is 6.00. The van der Waals surface area contributed by atoms with Crippen LogP contribution in [0.5, 0.6) is 5.75 Å². The molecule has 3 nitrogen and oxygen atoms in total. The van der Waals surface area contributed by atoms with Crippen LogP contribution in [0.3, 0.4) is 0 Å². The molecule has 0 aliphatic heterocycles. The Morgan fingerprint density at radius 2 is 1.81 bits per heavy atom. The molecule has 0 aliphatic rings. The third-order valence-electron chi connectivity index (χ3n) is 3.33. The Bertz CT molecular complexity index is 548. The first-order valence-corrected chi connectivity index (χ1v) is 7.66. The summed E-state index contributed by atoms with van der Waals surface area (Å²) < 4.78 is 11.7. The van der Waals surface area contributed by atoms with Gasteiger partial charge >= 0.3 is 0 Å². The van der Waals surface area contributed by atoms with Crippen LogP contribution in [0.2, 0.25) is 0 Å². The molecule has 0 aliphatic carbocycles. The van der Waals surface area contributed by atoms with Crippen LogP contribution in [0.1, 0.15) is 20.8 Å². The zero-order valence-corrected chi connectivity index (χ0v) is 13.1. The second-order valence-corrected chi connectivity index (χ2v) is 5.43. The number of hydrogen-bond donors (Lipinski definition) is 1. The first kappa shape index (κ1) is 15.8. The summed E-state index contributed by atoms with van der Waals surface area (Å²) in [6.07, 6.45) is 0.0661. The van der Waals surface area contributed by atoms with Crippen molar-refractivity contribution in [3.63, 3.8) is 0 Å². The first-order chi connectivity index (χ1) is 10.2. The summed E-state index contributed by atoms with van der Waals surface area (Å²) in [6.45, 7) is 8.34. The van der Waals surface area contributed by atoms with E-state index in [1.54, 1.807) is 0 Å². The highest BCUT2D eigenvalue weighted by atomic mass is 16.5. The van der Waals surface area contributed by atoms with Crippen LogP contribution in [0.25, 0.3) is 10.8 Å². The van der Waals surface area contributed by atoms with Gasteiger partial charge < -0.3 is 14.8 Å². The van der Waals surface area contributed by atoms with Crippen LogP contribution >= 0.6 is 0 Å². The number of fused-ring (bicyclic) bond motifs is 1. The van der Waals surface area contributed by atoms with Gasteiger partial charge in [-0.1, -0.05) is 50.2 Å². The molecule has 0 saturated carbocycles. The summed E-state index contributed by atoms with van der Waals surface area (Å²) in [4.78, 5) is 0. The van der Waals surface area contributed by atoms with Gasteiger partial charge in [0.25, 0.3) is 0 Å². The van der Waals surface area contributed by atoms with E-state index in [2.05, 4.69) is 37.4 Å². The van der Waals surface area contributed by atoms with Gasteiger partial charge in [0.05, 0.1) is 0 Å². The monoisotopic (exact) mass is 287 g/mol. The molecular weight excluding hydrogens is 262 g/mol. The van der Waals surface area contributed by atoms with Crippen molar-refractivity contribution < 1.29 is 9.47 Å². The van der Waals surface area contributed by atoms with E-state index >= 15 is 0 Å². The fraction of sp³-hybridized carbons (Fsp3) is 0.444. The number of ether oxygens (including phenoxy) is 2. The zero-order valence-electron chi connectivity index (χ0n) is 13.1. The smallest absolute Gasteiger partial charge is 0.127 e. The summed E-state index contributed by atoms with van der Waals surface area (Å²) in [5.41, 5.74) is 0. The average molecular weight is 287 g/mol. The highest BCUT2D eigenvalue weighted by Gasteiger charge is 2.11. The molecule has 1 atom stereocenters. The molecule has 2 aromatic rings. The highest BCUT2D eigenvalue weighted by Crippen LogP contribution is 2.25. The maximum absolute atomic E-state index is 6.00. The molecule has 0 heterocycles. The van der Waals surface area contributed by atoms with E-state index in [1.807, 2.05) is 31.2 Å². The molecule has 21 heavy (non-hydrogen) atoms. The van der Waals surface area contributed by atoms with Gasteiger partial charge in [-0.25, -0.2) is 0 Å². The largest absolute Gasteiger partial charge is 0.490 e. The standard InChI is InChI=1S/C18H25NO2/c1-4-20-16(12-19-14(2)3)13-21-18-11-7-9-15-8-5-6-10-17(15)18/h5-11,14,16,19H,4,12-13H2,1-3H3. The summed E-state index contributed by atoms with van der Waals surface area (Å²) in [7, 11) is 0. The Morgan fingerprint density at radius 1 is 1.05 bits per heavy atom. The van der Waals surface area contributed by atoms with Crippen LogP contribution in [0.15, 0.2) is 42.5 Å². The normalized spacial score (nSPS) is 12.8.